The van der Waals surface area contributed by atoms with E-state index in [4.69, 9.17) is 29.4 Å². The number of nitrogens with two attached hydrogens (primary N) is 1. The van der Waals surface area contributed by atoms with E-state index >= 15 is 0 Å². The Morgan fingerprint density at radius 3 is 2.37 bits per heavy atom. The molecule has 0 bridgehead atoms. The van der Waals surface area contributed by atoms with E-state index in [2.05, 4.69) is 29.1 Å². The molecule has 3 saturated heterocycles. The molecule has 18 heteroatoms. The number of carbonyl (C=O) groups is 2. The fraction of sp³-hybridized carbons (Fsp3) is 0.778. The highest BCUT2D eigenvalue weighted by Gasteiger charge is 2.59. The molecule has 358 valence electrons. The van der Waals surface area contributed by atoms with Gasteiger partial charge in [0.05, 0.1) is 42.1 Å². The molecule has 3 fully saturated rings. The molecule has 0 saturated carbocycles. The average molecular weight is 910 g/mol. The highest BCUT2D eigenvalue weighted by Crippen LogP contribution is 2.42. The first-order chi connectivity index (χ1) is 29.7. The number of nitrogen functional groups attached to an aromatic ring is 1. The van der Waals surface area contributed by atoms with Crippen LogP contribution in [0.5, 0.6) is 0 Å². The number of methoxy groups -OCH3 is 1. The highest BCUT2D eigenvalue weighted by atomic mass is 32.2. The van der Waals surface area contributed by atoms with Gasteiger partial charge in [0.25, 0.3) is 0 Å². The number of rotatable bonds is 11. The van der Waals surface area contributed by atoms with E-state index in [0.29, 0.717) is 51.0 Å². The lowest BCUT2D eigenvalue weighted by atomic mass is 9.77. The van der Waals surface area contributed by atoms with Crippen molar-refractivity contribution in [1.82, 2.24) is 29.7 Å². The lowest BCUT2D eigenvalue weighted by Gasteiger charge is -2.48. The Bertz CT molecular complexity index is 1760. The summed E-state index contributed by atoms with van der Waals surface area (Å²) >= 11 is 0.250. The number of hydrogen-bond donors (Lipinski definition) is 3. The summed E-state index contributed by atoms with van der Waals surface area (Å²) in [5, 5.41) is 32.2. The van der Waals surface area contributed by atoms with E-state index in [1.807, 2.05) is 91.1 Å². The number of aliphatic hydroxyl groups is 2. The number of aryl methyl sites for hydroxylation is 1. The summed E-state index contributed by atoms with van der Waals surface area (Å²) in [5.41, 5.74) is 6.07. The van der Waals surface area contributed by atoms with Crippen molar-refractivity contribution in [2.24, 2.45) is 17.8 Å². The molecule has 16 nitrogen and oxygen atoms in total. The number of anilines is 1. The largest absolute Gasteiger partial charge is 0.458 e. The third-order valence-corrected chi connectivity index (χ3v) is 13.5. The van der Waals surface area contributed by atoms with Crippen LogP contribution in [0.1, 0.15) is 87.5 Å². The zero-order valence-electron chi connectivity index (χ0n) is 39.8. The second-order valence-corrected chi connectivity index (χ2v) is 19.0. The molecule has 2 aromatic rings. The van der Waals surface area contributed by atoms with Crippen molar-refractivity contribution >= 4 is 29.9 Å². The molecule has 63 heavy (non-hydrogen) atoms. The number of carbonyl (C=O) groups excluding carboxylic acids is 2. The summed E-state index contributed by atoms with van der Waals surface area (Å²) in [6.45, 7) is 17.0. The van der Waals surface area contributed by atoms with Crippen molar-refractivity contribution in [2.75, 3.05) is 53.3 Å². The molecule has 1 aromatic carbocycles. The predicted octanol–water partition coefficient (Wildman–Crippen LogP) is 5.65. The van der Waals surface area contributed by atoms with Crippen LogP contribution in [0.25, 0.3) is 11.3 Å². The summed E-state index contributed by atoms with van der Waals surface area (Å²) in [6, 6.07) is 6.61. The molecule has 4 N–H and O–H groups in total. The van der Waals surface area contributed by atoms with Gasteiger partial charge in [0.15, 0.2) is 11.9 Å². The minimum atomic E-state index is -1.22. The van der Waals surface area contributed by atoms with Crippen molar-refractivity contribution in [3.05, 3.63) is 30.5 Å². The van der Waals surface area contributed by atoms with Gasteiger partial charge in [-0.05, 0) is 106 Å². The van der Waals surface area contributed by atoms with Crippen LogP contribution in [0.15, 0.2) is 30.5 Å². The van der Waals surface area contributed by atoms with Gasteiger partial charge in [-0.15, -0.1) is 5.10 Å². The second kappa shape index (κ2) is 22.9. The fourth-order valence-electron chi connectivity index (χ4n) is 9.97. The Labute approximate surface area is 378 Å². The SMILES string of the molecule is CC[C@H]1OC(=O)[C@H](C)C(O)[C@H](C)[C@@H](O[C@@H]2O[C@H](C)CC(N(C)C)C2O)[C@](C)(OC)C[C@@H](C)CN(C)[C@H](C)[C@H]2N(CCCCn3cc(-c4cccc(N)c4)nn3)C(=O)O[C@]12C.CSF. The van der Waals surface area contributed by atoms with Crippen molar-refractivity contribution in [3.8, 4) is 11.3 Å². The molecular formula is C45H76FN7O9S. The fourth-order valence-corrected chi connectivity index (χ4v) is 9.97. The summed E-state index contributed by atoms with van der Waals surface area (Å²) in [7, 11) is 7.51. The minimum absolute atomic E-state index is 0.0310. The predicted molar refractivity (Wildman–Crippen MR) is 242 cm³/mol. The van der Waals surface area contributed by atoms with Crippen molar-refractivity contribution in [3.63, 3.8) is 0 Å². The topological polar surface area (TPSA) is 187 Å². The molecule has 1 aromatic heterocycles. The maximum absolute atomic E-state index is 14.2. The Balaban J connectivity index is 0.00000282. The van der Waals surface area contributed by atoms with E-state index in [1.165, 1.54) is 6.26 Å². The van der Waals surface area contributed by atoms with Crippen LogP contribution in [0, 0.1) is 17.8 Å². The number of aliphatic hydroxyl groups excluding tert-OH is 2. The number of benzene rings is 1. The number of cyclic esters (lactones) is 1. The van der Waals surface area contributed by atoms with Crippen LogP contribution in [0.4, 0.5) is 14.4 Å². The zero-order valence-corrected chi connectivity index (χ0v) is 40.6. The number of likely N-dealkylation sites (N-methyl/N-ethyl adjacent to an activating group) is 2. The molecule has 1 amide bonds. The first-order valence-electron chi connectivity index (χ1n) is 22.4. The van der Waals surface area contributed by atoms with E-state index in [0.717, 1.165) is 17.7 Å². The summed E-state index contributed by atoms with van der Waals surface area (Å²) in [5.74, 6) is -2.23. The Morgan fingerprint density at radius 2 is 1.75 bits per heavy atom. The molecule has 3 aliphatic heterocycles. The number of nitrogens with zero attached hydrogens (tertiary/aromatic N) is 6. The van der Waals surface area contributed by atoms with Gasteiger partial charge in [-0.1, -0.05) is 38.1 Å². The third-order valence-electron chi connectivity index (χ3n) is 13.5. The number of ether oxygens (including phenoxy) is 5. The number of amides is 1. The Hall–Kier alpha value is -3.10. The van der Waals surface area contributed by atoms with E-state index in [9.17, 15) is 23.7 Å². The molecule has 3 unspecified atom stereocenters. The number of hydrogen-bond acceptors (Lipinski definition) is 15. The highest BCUT2D eigenvalue weighted by molar-refractivity contribution is 7.93. The lowest BCUT2D eigenvalue weighted by Crippen LogP contribution is -2.61. The summed E-state index contributed by atoms with van der Waals surface area (Å²) in [4.78, 5) is 34.1. The molecule has 14 atom stereocenters. The van der Waals surface area contributed by atoms with Gasteiger partial charge in [0, 0.05) is 74.4 Å². The Kier molecular flexibility index (Phi) is 19.1. The van der Waals surface area contributed by atoms with Crippen LogP contribution < -0.4 is 5.73 Å². The molecule has 0 spiro atoms. The van der Waals surface area contributed by atoms with Gasteiger partial charge in [-0.2, -0.15) is 3.89 Å². The van der Waals surface area contributed by atoms with Crippen LogP contribution in [0.3, 0.4) is 0 Å². The van der Waals surface area contributed by atoms with Gasteiger partial charge in [-0.3, -0.25) is 14.4 Å². The quantitative estimate of drug-likeness (QED) is 0.143. The van der Waals surface area contributed by atoms with Crippen molar-refractivity contribution < 1.29 is 47.4 Å². The van der Waals surface area contributed by atoms with Gasteiger partial charge in [0.2, 0.25) is 0 Å². The number of esters is 1. The molecule has 0 aliphatic carbocycles. The van der Waals surface area contributed by atoms with Crippen molar-refractivity contribution in [1.29, 1.82) is 0 Å². The smallest absolute Gasteiger partial charge is 0.410 e. The normalized spacial score (nSPS) is 36.1. The standard InChI is InChI=1S/C44H73N7O9.CH3FS/c1-13-35-44(8)38(51(42(55)60-44)20-15-14-19-50-25-33(46-47-50)31-17-16-18-32(45)22-31)30(6)49(11)24-26(2)23-43(7,56-12)39(28(4)36(52)29(5)40(54)58-35)59-41-37(53)34(48(9)10)21-27(3)57-41;1-3-2/h16-18,22,25-30,34-39,41,52-53H,13-15,19-21,23-24,45H2,1-12H3;1H3/t26-,27-,28+,29-,30-,34?,35-,36?,37?,38-,39-,41+,43-,44-;/m1./s1. The molecule has 4 heterocycles. The van der Waals surface area contributed by atoms with E-state index in [-0.39, 0.29) is 36.3 Å². The minimum Gasteiger partial charge on any atom is -0.458 e. The monoisotopic (exact) mass is 910 g/mol. The summed E-state index contributed by atoms with van der Waals surface area (Å²) in [6.07, 6.45) is 0.749. The van der Waals surface area contributed by atoms with Crippen LogP contribution in [-0.4, -0.2) is 166 Å². The van der Waals surface area contributed by atoms with Gasteiger partial charge in [-0.25, -0.2) is 4.79 Å². The van der Waals surface area contributed by atoms with Gasteiger partial charge in [0.1, 0.15) is 17.9 Å². The maximum atomic E-state index is 14.2. The zero-order chi connectivity index (χ0) is 47.0. The number of unbranched alkanes of at least 4 members (excludes halogenated alkanes) is 1. The van der Waals surface area contributed by atoms with Gasteiger partial charge >= 0.3 is 12.1 Å². The van der Waals surface area contributed by atoms with Crippen LogP contribution >= 0.6 is 12.1 Å². The lowest BCUT2D eigenvalue weighted by molar-refractivity contribution is -0.301. The Morgan fingerprint density at radius 1 is 1.08 bits per heavy atom. The summed E-state index contributed by atoms with van der Waals surface area (Å²) < 4.78 is 43.9. The maximum Gasteiger partial charge on any atom is 0.410 e. The van der Waals surface area contributed by atoms with Crippen molar-refractivity contribution in [2.45, 2.75) is 160 Å². The van der Waals surface area contributed by atoms with E-state index < -0.39 is 71.8 Å². The van der Waals surface area contributed by atoms with Crippen LogP contribution in [0.2, 0.25) is 0 Å². The molecular weight excluding hydrogens is 834 g/mol. The third kappa shape index (κ3) is 12.4. The first-order valence-corrected chi connectivity index (χ1v) is 23.5. The number of aromatic nitrogens is 3. The van der Waals surface area contributed by atoms with E-state index in [1.54, 1.807) is 23.6 Å². The number of halogens is 1. The average Bonchev–Trinajstić information content (AvgIpc) is 3.81. The second-order valence-electron chi connectivity index (χ2n) is 18.7. The molecule has 3 aliphatic rings. The van der Waals surface area contributed by atoms with Crippen LogP contribution in [-0.2, 0) is 35.0 Å². The number of fused-ring (bicyclic) bond motifs is 1. The van der Waals surface area contributed by atoms with Gasteiger partial charge < -0.3 is 49.4 Å². The molecule has 0 radical (unpaired) electrons. The first kappa shape index (κ1) is 52.5. The molecule has 5 rings (SSSR count).